The Kier molecular flexibility index (Phi) is 5.41. The van der Waals surface area contributed by atoms with E-state index in [4.69, 9.17) is 4.98 Å². The number of hydrogen-bond acceptors (Lipinski definition) is 4. The zero-order valence-electron chi connectivity index (χ0n) is 18.0. The lowest BCUT2D eigenvalue weighted by molar-refractivity contribution is 0.244. The van der Waals surface area contributed by atoms with Crippen LogP contribution in [0.1, 0.15) is 32.2 Å². The van der Waals surface area contributed by atoms with Crippen LogP contribution in [0.5, 0.6) is 0 Å². The van der Waals surface area contributed by atoms with E-state index in [-0.39, 0.29) is 5.41 Å². The molecule has 1 aliphatic rings. The highest BCUT2D eigenvalue weighted by Crippen LogP contribution is 2.25. The first-order valence-electron chi connectivity index (χ1n) is 10.4. The maximum atomic E-state index is 4.84. The number of hydrogen-bond donors (Lipinski definition) is 0. The maximum Gasteiger partial charge on any atom is 0.165 e. The molecule has 0 atom stereocenters. The fourth-order valence-corrected chi connectivity index (χ4v) is 3.88. The number of anilines is 1. The standard InChI is InChI=1S/C24H31N5/c1-24(2,3)20-12-10-19(11-13-20)23-25-22(26-27(23)4)18-28-14-16-29(17-15-28)21-8-6-5-7-9-21/h5-13H,14-18H2,1-4H3. The van der Waals surface area contributed by atoms with Crippen LogP contribution in [0.15, 0.2) is 54.6 Å². The predicted molar refractivity (Wildman–Crippen MR) is 119 cm³/mol. The highest BCUT2D eigenvalue weighted by atomic mass is 15.4. The van der Waals surface area contributed by atoms with Gasteiger partial charge in [0.2, 0.25) is 0 Å². The first-order chi connectivity index (χ1) is 13.9. The molecular weight excluding hydrogens is 358 g/mol. The van der Waals surface area contributed by atoms with E-state index in [1.54, 1.807) is 0 Å². The van der Waals surface area contributed by atoms with Gasteiger partial charge in [0.25, 0.3) is 0 Å². The average Bonchev–Trinajstić information content (AvgIpc) is 3.09. The molecule has 0 N–H and O–H groups in total. The summed E-state index contributed by atoms with van der Waals surface area (Å²) in [5.41, 5.74) is 3.92. The zero-order valence-corrected chi connectivity index (χ0v) is 18.0. The Balaban J connectivity index is 1.40. The molecule has 5 nitrogen and oxygen atoms in total. The lowest BCUT2D eigenvalue weighted by Gasteiger charge is -2.35. The quantitative estimate of drug-likeness (QED) is 0.673. The molecule has 0 aliphatic carbocycles. The predicted octanol–water partition coefficient (Wildman–Crippen LogP) is 4.10. The van der Waals surface area contributed by atoms with Crippen LogP contribution in [0.3, 0.4) is 0 Å². The Hall–Kier alpha value is -2.66. The van der Waals surface area contributed by atoms with Crippen molar-refractivity contribution in [1.82, 2.24) is 19.7 Å². The van der Waals surface area contributed by atoms with Crippen molar-refractivity contribution >= 4 is 5.69 Å². The van der Waals surface area contributed by atoms with Crippen molar-refractivity contribution in [1.29, 1.82) is 0 Å². The molecule has 2 aromatic carbocycles. The molecule has 0 unspecified atom stereocenters. The number of rotatable bonds is 4. The van der Waals surface area contributed by atoms with Gasteiger partial charge in [-0.1, -0.05) is 63.2 Å². The zero-order chi connectivity index (χ0) is 20.4. The first kappa shape index (κ1) is 19.6. The van der Waals surface area contributed by atoms with E-state index in [0.29, 0.717) is 0 Å². The summed E-state index contributed by atoms with van der Waals surface area (Å²) in [6.07, 6.45) is 0. The van der Waals surface area contributed by atoms with Gasteiger partial charge in [0.15, 0.2) is 11.6 Å². The van der Waals surface area contributed by atoms with Crippen molar-refractivity contribution in [3.05, 3.63) is 66.0 Å². The van der Waals surface area contributed by atoms with Crippen molar-refractivity contribution in [2.75, 3.05) is 31.1 Å². The molecule has 4 rings (SSSR count). The molecule has 1 aliphatic heterocycles. The van der Waals surface area contributed by atoms with E-state index in [9.17, 15) is 0 Å². The topological polar surface area (TPSA) is 37.2 Å². The molecule has 2 heterocycles. The monoisotopic (exact) mass is 389 g/mol. The van der Waals surface area contributed by atoms with E-state index in [0.717, 1.165) is 49.9 Å². The van der Waals surface area contributed by atoms with Crippen LogP contribution in [0.4, 0.5) is 5.69 Å². The van der Waals surface area contributed by atoms with E-state index in [1.807, 2.05) is 11.7 Å². The third kappa shape index (κ3) is 4.51. The van der Waals surface area contributed by atoms with Crippen molar-refractivity contribution in [2.45, 2.75) is 32.7 Å². The summed E-state index contributed by atoms with van der Waals surface area (Å²) in [6.45, 7) is 11.7. The Bertz CT molecular complexity index is 930. The fraction of sp³-hybridized carbons (Fsp3) is 0.417. The molecule has 152 valence electrons. The average molecular weight is 390 g/mol. The molecule has 1 fully saturated rings. The number of nitrogens with zero attached hydrogens (tertiary/aromatic N) is 5. The highest BCUT2D eigenvalue weighted by molar-refractivity contribution is 5.56. The van der Waals surface area contributed by atoms with Crippen LogP contribution in [0.25, 0.3) is 11.4 Å². The number of piperazine rings is 1. The summed E-state index contributed by atoms with van der Waals surface area (Å²) in [5.74, 6) is 1.83. The second-order valence-electron chi connectivity index (χ2n) is 8.90. The molecule has 1 saturated heterocycles. The van der Waals surface area contributed by atoms with Gasteiger partial charge < -0.3 is 4.90 Å². The van der Waals surface area contributed by atoms with E-state index in [2.05, 4.69) is 90.3 Å². The van der Waals surface area contributed by atoms with E-state index >= 15 is 0 Å². The van der Waals surface area contributed by atoms with Gasteiger partial charge in [-0.2, -0.15) is 5.10 Å². The lowest BCUT2D eigenvalue weighted by atomic mass is 9.87. The van der Waals surface area contributed by atoms with Crippen molar-refractivity contribution in [2.24, 2.45) is 7.05 Å². The Morgan fingerprint density at radius 2 is 1.52 bits per heavy atom. The van der Waals surface area contributed by atoms with E-state index in [1.165, 1.54) is 11.3 Å². The van der Waals surface area contributed by atoms with Gasteiger partial charge in [-0.05, 0) is 23.1 Å². The minimum atomic E-state index is 0.158. The molecule has 29 heavy (non-hydrogen) atoms. The Morgan fingerprint density at radius 3 is 2.14 bits per heavy atom. The van der Waals surface area contributed by atoms with Crippen molar-refractivity contribution < 1.29 is 0 Å². The van der Waals surface area contributed by atoms with Gasteiger partial charge in [-0.15, -0.1) is 0 Å². The SMILES string of the molecule is Cn1nc(CN2CCN(c3ccccc3)CC2)nc1-c1ccc(C(C)(C)C)cc1. The number of para-hydroxylation sites is 1. The number of benzene rings is 2. The summed E-state index contributed by atoms with van der Waals surface area (Å²) in [4.78, 5) is 9.73. The smallest absolute Gasteiger partial charge is 0.165 e. The van der Waals surface area contributed by atoms with Gasteiger partial charge in [-0.25, -0.2) is 9.67 Å². The maximum absolute atomic E-state index is 4.84. The normalized spacial score (nSPS) is 15.7. The minimum absolute atomic E-state index is 0.158. The van der Waals surface area contributed by atoms with Crippen LogP contribution in [-0.2, 0) is 19.0 Å². The van der Waals surface area contributed by atoms with Crippen LogP contribution >= 0.6 is 0 Å². The number of aryl methyl sites for hydroxylation is 1. The summed E-state index contributed by atoms with van der Waals surface area (Å²) in [5, 5.41) is 4.68. The van der Waals surface area contributed by atoms with Gasteiger partial charge in [0.05, 0.1) is 6.54 Å². The van der Waals surface area contributed by atoms with Gasteiger partial charge in [-0.3, -0.25) is 4.90 Å². The third-order valence-corrected chi connectivity index (χ3v) is 5.67. The molecule has 3 aromatic rings. The molecule has 5 heteroatoms. The molecule has 0 amide bonds. The molecule has 0 spiro atoms. The molecule has 0 saturated carbocycles. The van der Waals surface area contributed by atoms with Crippen LogP contribution in [-0.4, -0.2) is 45.8 Å². The molecule has 0 radical (unpaired) electrons. The van der Waals surface area contributed by atoms with Crippen LogP contribution in [0.2, 0.25) is 0 Å². The summed E-state index contributed by atoms with van der Waals surface area (Å²) in [7, 11) is 1.98. The van der Waals surface area contributed by atoms with Crippen molar-refractivity contribution in [3.63, 3.8) is 0 Å². The van der Waals surface area contributed by atoms with Crippen molar-refractivity contribution in [3.8, 4) is 11.4 Å². The van der Waals surface area contributed by atoms with Crippen LogP contribution < -0.4 is 4.90 Å². The molecule has 0 bridgehead atoms. The summed E-state index contributed by atoms with van der Waals surface area (Å²) >= 11 is 0. The van der Waals surface area contributed by atoms with Gasteiger partial charge in [0, 0.05) is 44.5 Å². The minimum Gasteiger partial charge on any atom is -0.369 e. The fourth-order valence-electron chi connectivity index (χ4n) is 3.88. The van der Waals surface area contributed by atoms with Crippen LogP contribution in [0, 0.1) is 0 Å². The van der Waals surface area contributed by atoms with Gasteiger partial charge in [0.1, 0.15) is 0 Å². The molecule has 1 aromatic heterocycles. The summed E-state index contributed by atoms with van der Waals surface area (Å²) < 4.78 is 1.90. The largest absolute Gasteiger partial charge is 0.369 e. The summed E-state index contributed by atoms with van der Waals surface area (Å²) in [6, 6.07) is 19.4. The highest BCUT2D eigenvalue weighted by Gasteiger charge is 2.20. The Morgan fingerprint density at radius 1 is 0.862 bits per heavy atom. The lowest BCUT2D eigenvalue weighted by Crippen LogP contribution is -2.46. The number of aromatic nitrogens is 3. The third-order valence-electron chi connectivity index (χ3n) is 5.67. The Labute approximate surface area is 174 Å². The van der Waals surface area contributed by atoms with E-state index < -0.39 is 0 Å². The first-order valence-corrected chi connectivity index (χ1v) is 10.4. The molecular formula is C24H31N5. The second kappa shape index (κ2) is 7.99. The van der Waals surface area contributed by atoms with Gasteiger partial charge >= 0.3 is 0 Å². The second-order valence-corrected chi connectivity index (χ2v) is 8.90.